The van der Waals surface area contributed by atoms with Crippen molar-refractivity contribution < 1.29 is 0 Å². The fourth-order valence-corrected chi connectivity index (χ4v) is 3.68. The summed E-state index contributed by atoms with van der Waals surface area (Å²) < 4.78 is 1.49. The van der Waals surface area contributed by atoms with Gasteiger partial charge in [-0.05, 0) is 37.1 Å². The fraction of sp³-hybridized carbons (Fsp3) is 0.333. The molecule has 102 valence electrons. The number of anilines is 1. The number of hydrogen-bond acceptors (Lipinski definition) is 2. The van der Waals surface area contributed by atoms with Gasteiger partial charge in [-0.3, -0.25) is 0 Å². The zero-order chi connectivity index (χ0) is 13.8. The molecule has 0 bridgehead atoms. The third kappa shape index (κ3) is 3.88. The molecule has 0 saturated heterocycles. The van der Waals surface area contributed by atoms with Crippen molar-refractivity contribution >= 4 is 40.2 Å². The molecule has 1 nitrogen and oxygen atoms in total. The Kier molecular flexibility index (Phi) is 5.14. The van der Waals surface area contributed by atoms with Crippen LogP contribution in [0.15, 0.2) is 30.3 Å². The van der Waals surface area contributed by atoms with Gasteiger partial charge in [0, 0.05) is 11.3 Å². The molecule has 0 spiro atoms. The highest BCUT2D eigenvalue weighted by molar-refractivity contribution is 7.20. The lowest BCUT2D eigenvalue weighted by Crippen LogP contribution is -2.05. The first kappa shape index (κ1) is 14.7. The molecular weight excluding hydrogens is 297 g/mol. The molecule has 0 saturated carbocycles. The van der Waals surface area contributed by atoms with Crippen molar-refractivity contribution in [1.82, 2.24) is 0 Å². The van der Waals surface area contributed by atoms with Crippen LogP contribution < -0.4 is 5.32 Å². The summed E-state index contributed by atoms with van der Waals surface area (Å²) in [5.41, 5.74) is 3.53. The van der Waals surface area contributed by atoms with Gasteiger partial charge in [0.25, 0.3) is 0 Å². The van der Waals surface area contributed by atoms with Crippen LogP contribution in [0.4, 0.5) is 5.69 Å². The minimum atomic E-state index is 0.147. The molecule has 0 fully saturated rings. The lowest BCUT2D eigenvalue weighted by molar-refractivity contribution is 0.888. The average Bonchev–Trinajstić information content (AvgIpc) is 2.71. The maximum atomic E-state index is 6.17. The van der Waals surface area contributed by atoms with Crippen LogP contribution >= 0.6 is 34.5 Å². The van der Waals surface area contributed by atoms with E-state index in [0.717, 1.165) is 26.3 Å². The van der Waals surface area contributed by atoms with E-state index < -0.39 is 0 Å². The van der Waals surface area contributed by atoms with E-state index in [0.29, 0.717) is 0 Å². The topological polar surface area (TPSA) is 12.0 Å². The van der Waals surface area contributed by atoms with Crippen molar-refractivity contribution in [2.45, 2.75) is 32.7 Å². The molecule has 1 aromatic heterocycles. The van der Waals surface area contributed by atoms with Crippen LogP contribution in [0.2, 0.25) is 8.67 Å². The summed E-state index contributed by atoms with van der Waals surface area (Å²) in [6.07, 6.45) is 2.30. The van der Waals surface area contributed by atoms with Crippen LogP contribution in [-0.2, 0) is 6.42 Å². The summed E-state index contributed by atoms with van der Waals surface area (Å²) >= 11 is 13.5. The molecule has 1 aromatic carbocycles. The summed E-state index contributed by atoms with van der Waals surface area (Å²) in [4.78, 5) is 0. The Hall–Kier alpha value is -0.700. The van der Waals surface area contributed by atoms with Gasteiger partial charge in [0.05, 0.1) is 14.7 Å². The number of nitrogens with one attached hydrogen (secondary N) is 1. The average molecular weight is 314 g/mol. The number of benzene rings is 1. The number of aryl methyl sites for hydroxylation is 1. The number of thiophene rings is 1. The van der Waals surface area contributed by atoms with Gasteiger partial charge < -0.3 is 5.32 Å². The van der Waals surface area contributed by atoms with Crippen molar-refractivity contribution in [1.29, 1.82) is 0 Å². The van der Waals surface area contributed by atoms with Crippen molar-refractivity contribution in [2.75, 3.05) is 5.32 Å². The van der Waals surface area contributed by atoms with Crippen LogP contribution in [0.5, 0.6) is 0 Å². The molecule has 2 aromatic rings. The summed E-state index contributed by atoms with van der Waals surface area (Å²) in [6, 6.07) is 10.6. The number of hydrogen-bond donors (Lipinski definition) is 1. The first-order valence-corrected chi connectivity index (χ1v) is 7.97. The monoisotopic (exact) mass is 313 g/mol. The lowest BCUT2D eigenvalue weighted by atomic mass is 10.1. The van der Waals surface area contributed by atoms with Gasteiger partial charge >= 0.3 is 0 Å². The lowest BCUT2D eigenvalue weighted by Gasteiger charge is -2.15. The van der Waals surface area contributed by atoms with E-state index >= 15 is 0 Å². The second-order valence-electron chi connectivity index (χ2n) is 4.59. The summed E-state index contributed by atoms with van der Waals surface area (Å²) in [7, 11) is 0. The second kappa shape index (κ2) is 6.65. The molecule has 1 atom stereocenters. The van der Waals surface area contributed by atoms with Crippen molar-refractivity contribution in [3.63, 3.8) is 0 Å². The van der Waals surface area contributed by atoms with E-state index in [1.165, 1.54) is 23.3 Å². The molecule has 4 heteroatoms. The molecule has 0 aliphatic carbocycles. The van der Waals surface area contributed by atoms with Crippen molar-refractivity contribution in [2.24, 2.45) is 0 Å². The first-order valence-electron chi connectivity index (χ1n) is 6.40. The Morgan fingerprint density at radius 1 is 1.21 bits per heavy atom. The van der Waals surface area contributed by atoms with Crippen molar-refractivity contribution in [3.05, 3.63) is 50.1 Å². The molecule has 1 unspecified atom stereocenters. The normalized spacial score (nSPS) is 12.4. The molecule has 0 aliphatic rings. The Morgan fingerprint density at radius 3 is 2.42 bits per heavy atom. The fourth-order valence-electron chi connectivity index (χ4n) is 2.03. The highest BCUT2D eigenvalue weighted by Gasteiger charge is 2.13. The minimum Gasteiger partial charge on any atom is -0.378 e. The molecule has 1 heterocycles. The third-order valence-corrected chi connectivity index (χ3v) is 4.54. The molecule has 0 radical (unpaired) electrons. The largest absolute Gasteiger partial charge is 0.378 e. The Morgan fingerprint density at radius 2 is 1.89 bits per heavy atom. The zero-order valence-electron chi connectivity index (χ0n) is 11.0. The number of rotatable bonds is 5. The van der Waals surface area contributed by atoms with Crippen LogP contribution in [0.1, 0.15) is 37.4 Å². The van der Waals surface area contributed by atoms with Gasteiger partial charge in [0.1, 0.15) is 0 Å². The SMILES string of the molecule is CCCc1ccc(NC(C)c2cc(Cl)sc2Cl)cc1. The van der Waals surface area contributed by atoms with E-state index in [9.17, 15) is 0 Å². The number of halogens is 2. The predicted octanol–water partition coefficient (Wildman–Crippen LogP) is 6.18. The van der Waals surface area contributed by atoms with Gasteiger partial charge in [-0.15, -0.1) is 11.3 Å². The van der Waals surface area contributed by atoms with Gasteiger partial charge in [-0.1, -0.05) is 48.7 Å². The third-order valence-electron chi connectivity index (χ3n) is 3.03. The highest BCUT2D eigenvalue weighted by Crippen LogP contribution is 2.36. The predicted molar refractivity (Wildman–Crippen MR) is 86.8 cm³/mol. The maximum Gasteiger partial charge on any atom is 0.0996 e. The van der Waals surface area contributed by atoms with E-state index in [-0.39, 0.29) is 6.04 Å². The van der Waals surface area contributed by atoms with E-state index in [1.807, 2.05) is 6.07 Å². The maximum absolute atomic E-state index is 6.17. The molecule has 0 amide bonds. The molecule has 0 aliphatic heterocycles. The minimum absolute atomic E-state index is 0.147. The smallest absolute Gasteiger partial charge is 0.0996 e. The summed E-state index contributed by atoms with van der Waals surface area (Å²) in [5.74, 6) is 0. The molecule has 1 N–H and O–H groups in total. The van der Waals surface area contributed by atoms with Gasteiger partial charge in [-0.2, -0.15) is 0 Å². The Balaban J connectivity index is 2.06. The van der Waals surface area contributed by atoms with Gasteiger partial charge in [0.15, 0.2) is 0 Å². The molecule has 19 heavy (non-hydrogen) atoms. The Bertz CT molecular complexity index is 534. The van der Waals surface area contributed by atoms with Crippen LogP contribution in [-0.4, -0.2) is 0 Å². The van der Waals surface area contributed by atoms with E-state index in [2.05, 4.69) is 43.4 Å². The van der Waals surface area contributed by atoms with Crippen molar-refractivity contribution in [3.8, 4) is 0 Å². The second-order valence-corrected chi connectivity index (χ2v) is 6.88. The zero-order valence-corrected chi connectivity index (χ0v) is 13.4. The van der Waals surface area contributed by atoms with E-state index in [4.69, 9.17) is 23.2 Å². The van der Waals surface area contributed by atoms with Crippen LogP contribution in [0.3, 0.4) is 0 Å². The van der Waals surface area contributed by atoms with Crippen LogP contribution in [0, 0.1) is 0 Å². The highest BCUT2D eigenvalue weighted by atomic mass is 35.5. The molecule has 2 rings (SSSR count). The standard InChI is InChI=1S/C15H17Cl2NS/c1-3-4-11-5-7-12(8-6-11)18-10(2)13-9-14(16)19-15(13)17/h5-10,18H,3-4H2,1-2H3. The summed E-state index contributed by atoms with van der Waals surface area (Å²) in [5, 5.41) is 3.45. The quantitative estimate of drug-likeness (QED) is 0.695. The van der Waals surface area contributed by atoms with E-state index in [1.54, 1.807) is 0 Å². The van der Waals surface area contributed by atoms with Gasteiger partial charge in [-0.25, -0.2) is 0 Å². The first-order chi connectivity index (χ1) is 9.10. The Labute approximate surface area is 128 Å². The van der Waals surface area contributed by atoms with Crippen LogP contribution in [0.25, 0.3) is 0 Å². The summed E-state index contributed by atoms with van der Waals surface area (Å²) in [6.45, 7) is 4.28. The molecular formula is C15H17Cl2NS. The van der Waals surface area contributed by atoms with Gasteiger partial charge in [0.2, 0.25) is 0 Å².